The third-order valence-electron chi connectivity index (χ3n) is 5.91. The third kappa shape index (κ3) is 7.35. The smallest absolute Gasteiger partial charge is 0.212 e. The number of Topliss-reactive ketones (excluding diaryl/α,β-unsaturated/α-hetero) is 1. The molecule has 1 aliphatic rings. The van der Waals surface area contributed by atoms with Crippen LogP contribution in [0, 0.1) is 18.7 Å². The van der Waals surface area contributed by atoms with Crippen molar-refractivity contribution in [2.75, 3.05) is 32.6 Å². The summed E-state index contributed by atoms with van der Waals surface area (Å²) >= 11 is 0. The summed E-state index contributed by atoms with van der Waals surface area (Å²) in [6.45, 7) is 1.97. The predicted octanol–water partition coefficient (Wildman–Crippen LogP) is 4.51. The number of ketones is 1. The van der Waals surface area contributed by atoms with Gasteiger partial charge in [-0.05, 0) is 66.6 Å². The number of carbonyl (C=O) groups excluding carboxylic acids is 1. The molecule has 0 radical (unpaired) electrons. The number of halogens is 1. The van der Waals surface area contributed by atoms with E-state index in [2.05, 4.69) is 4.72 Å². The van der Waals surface area contributed by atoms with E-state index in [9.17, 15) is 17.6 Å². The highest BCUT2D eigenvalue weighted by atomic mass is 32.2. The second-order valence-electron chi connectivity index (χ2n) is 8.55. The summed E-state index contributed by atoms with van der Waals surface area (Å²) in [5, 5.41) is 0. The van der Waals surface area contributed by atoms with Crippen LogP contribution in [-0.4, -0.2) is 46.8 Å². The van der Waals surface area contributed by atoms with Gasteiger partial charge >= 0.3 is 0 Å². The molecule has 0 heterocycles. The Hall–Kier alpha value is -2.29. The Morgan fingerprint density at radius 2 is 1.85 bits per heavy atom. The first-order valence-corrected chi connectivity index (χ1v) is 13.0. The minimum atomic E-state index is -3.61. The van der Waals surface area contributed by atoms with E-state index in [0.717, 1.165) is 37.7 Å². The van der Waals surface area contributed by atoms with Crippen LogP contribution in [0.5, 0.6) is 5.75 Å². The Bertz CT molecular complexity index is 1060. The molecule has 0 aromatic heterocycles. The second-order valence-corrected chi connectivity index (χ2v) is 10.4. The van der Waals surface area contributed by atoms with E-state index in [1.807, 2.05) is 24.3 Å². The molecule has 1 fully saturated rings. The fraction of sp³-hybridized carbons (Fsp3) is 0.480. The Morgan fingerprint density at radius 1 is 1.09 bits per heavy atom. The highest BCUT2D eigenvalue weighted by Crippen LogP contribution is 2.28. The zero-order valence-corrected chi connectivity index (χ0v) is 20.0. The average Bonchev–Trinajstić information content (AvgIpc) is 2.80. The molecule has 0 spiro atoms. The number of hydrogen-bond donors (Lipinski definition) is 1. The maximum atomic E-state index is 14.8. The van der Waals surface area contributed by atoms with Crippen LogP contribution in [0.1, 0.15) is 48.0 Å². The molecule has 33 heavy (non-hydrogen) atoms. The van der Waals surface area contributed by atoms with Crippen LogP contribution in [0.15, 0.2) is 36.4 Å². The molecule has 3 rings (SSSR count). The van der Waals surface area contributed by atoms with Crippen molar-refractivity contribution in [1.29, 1.82) is 0 Å². The van der Waals surface area contributed by atoms with Crippen LogP contribution < -0.4 is 9.46 Å². The first kappa shape index (κ1) is 25.3. The van der Waals surface area contributed by atoms with Gasteiger partial charge in [0.15, 0.2) is 5.78 Å². The highest BCUT2D eigenvalue weighted by Gasteiger charge is 2.23. The van der Waals surface area contributed by atoms with Crippen molar-refractivity contribution in [1.82, 2.24) is 4.72 Å². The zero-order valence-electron chi connectivity index (χ0n) is 19.2. The summed E-state index contributed by atoms with van der Waals surface area (Å²) in [6.07, 6.45) is 4.99. The summed E-state index contributed by atoms with van der Waals surface area (Å²) in [4.78, 5) is 12.8. The summed E-state index contributed by atoms with van der Waals surface area (Å²) in [5.41, 5.74) is 1.60. The molecule has 0 bridgehead atoms. The number of nitrogens with one attached hydrogen (secondary N) is 1. The van der Waals surface area contributed by atoms with Crippen LogP contribution in [0.4, 0.5) is 4.39 Å². The molecule has 0 atom stereocenters. The molecular formula is C25H32FNO5S. The van der Waals surface area contributed by atoms with Gasteiger partial charge in [0, 0.05) is 7.11 Å². The van der Waals surface area contributed by atoms with Gasteiger partial charge < -0.3 is 9.47 Å². The predicted molar refractivity (Wildman–Crippen MR) is 127 cm³/mol. The minimum Gasteiger partial charge on any atom is -0.491 e. The average molecular weight is 478 g/mol. The van der Waals surface area contributed by atoms with Gasteiger partial charge in [-0.25, -0.2) is 17.5 Å². The molecule has 0 amide bonds. The van der Waals surface area contributed by atoms with E-state index in [1.165, 1.54) is 6.07 Å². The van der Waals surface area contributed by atoms with Crippen molar-refractivity contribution >= 4 is 15.8 Å². The van der Waals surface area contributed by atoms with E-state index in [4.69, 9.17) is 9.47 Å². The van der Waals surface area contributed by atoms with Crippen molar-refractivity contribution in [3.8, 4) is 16.9 Å². The van der Waals surface area contributed by atoms with E-state index in [0.29, 0.717) is 30.1 Å². The molecular weight excluding hydrogens is 445 g/mol. The second kappa shape index (κ2) is 11.7. The molecule has 0 saturated heterocycles. The Morgan fingerprint density at radius 3 is 2.58 bits per heavy atom. The number of carbonyl (C=O) groups is 1. The maximum Gasteiger partial charge on any atom is 0.212 e. The lowest BCUT2D eigenvalue weighted by atomic mass is 9.91. The first-order valence-electron chi connectivity index (χ1n) is 11.3. The molecule has 1 saturated carbocycles. The molecule has 0 unspecified atom stereocenters. The Kier molecular flexibility index (Phi) is 9.00. The van der Waals surface area contributed by atoms with Crippen molar-refractivity contribution in [3.05, 3.63) is 53.3 Å². The quantitative estimate of drug-likeness (QED) is 0.380. The lowest BCUT2D eigenvalue weighted by molar-refractivity contribution is 0.0993. The monoisotopic (exact) mass is 477 g/mol. The van der Waals surface area contributed by atoms with Crippen molar-refractivity contribution < 1.29 is 27.1 Å². The molecule has 2 aromatic carbocycles. The number of hydrogen-bond acceptors (Lipinski definition) is 5. The van der Waals surface area contributed by atoms with Crippen molar-refractivity contribution in [2.45, 2.75) is 39.0 Å². The topological polar surface area (TPSA) is 81.7 Å². The van der Waals surface area contributed by atoms with Crippen molar-refractivity contribution in [2.24, 2.45) is 5.92 Å². The highest BCUT2D eigenvalue weighted by molar-refractivity contribution is 7.89. The number of ether oxygens (including phenoxy) is 2. The van der Waals surface area contributed by atoms with Gasteiger partial charge in [-0.15, -0.1) is 0 Å². The number of sulfonamides is 1. The molecule has 180 valence electrons. The van der Waals surface area contributed by atoms with E-state index < -0.39 is 28.2 Å². The molecule has 0 aliphatic heterocycles. The fourth-order valence-corrected chi connectivity index (χ4v) is 5.56. The molecule has 6 nitrogen and oxygen atoms in total. The van der Waals surface area contributed by atoms with Gasteiger partial charge in [0.1, 0.15) is 18.2 Å². The van der Waals surface area contributed by atoms with Gasteiger partial charge in [-0.2, -0.15) is 0 Å². The standard InChI is InChI=1S/C25H32FNO5S/c1-18-13-21(20-9-6-10-22(14-20)32-12-11-31-2)15-23(25(18)26)24(28)16-27-33(29,30)17-19-7-4-3-5-8-19/h6,9-10,13-15,19,27H,3-5,7-8,11-12,16-17H2,1-2H3. The summed E-state index contributed by atoms with van der Waals surface area (Å²) in [5.74, 6) is -0.473. The van der Waals surface area contributed by atoms with E-state index >= 15 is 0 Å². The fourth-order valence-electron chi connectivity index (χ4n) is 4.14. The van der Waals surface area contributed by atoms with Crippen LogP contribution in [0.2, 0.25) is 0 Å². The number of methoxy groups -OCH3 is 1. The lowest BCUT2D eigenvalue weighted by Gasteiger charge is -2.21. The van der Waals surface area contributed by atoms with Crippen molar-refractivity contribution in [3.63, 3.8) is 0 Å². The van der Waals surface area contributed by atoms with Gasteiger partial charge in [0.2, 0.25) is 10.0 Å². The molecule has 8 heteroatoms. The van der Waals surface area contributed by atoms with Crippen LogP contribution in [0.25, 0.3) is 11.1 Å². The lowest BCUT2D eigenvalue weighted by Crippen LogP contribution is -2.34. The van der Waals surface area contributed by atoms with E-state index in [1.54, 1.807) is 20.1 Å². The van der Waals surface area contributed by atoms with Gasteiger partial charge in [0.05, 0.1) is 24.5 Å². The SMILES string of the molecule is COCCOc1cccc(-c2cc(C)c(F)c(C(=O)CNS(=O)(=O)CC3CCCCC3)c2)c1. The van der Waals surface area contributed by atoms with Crippen LogP contribution >= 0.6 is 0 Å². The summed E-state index contributed by atoms with van der Waals surface area (Å²) in [7, 11) is -2.01. The van der Waals surface area contributed by atoms with E-state index in [-0.39, 0.29) is 17.2 Å². The summed E-state index contributed by atoms with van der Waals surface area (Å²) in [6, 6.07) is 10.4. The molecule has 2 aromatic rings. The van der Waals surface area contributed by atoms with Crippen LogP contribution in [0.3, 0.4) is 0 Å². The Balaban J connectivity index is 1.73. The van der Waals surface area contributed by atoms with Gasteiger partial charge in [0.25, 0.3) is 0 Å². The first-order chi connectivity index (χ1) is 15.8. The number of benzene rings is 2. The number of rotatable bonds is 11. The third-order valence-corrected chi connectivity index (χ3v) is 7.41. The molecule has 1 aliphatic carbocycles. The normalized spacial score (nSPS) is 14.9. The largest absolute Gasteiger partial charge is 0.491 e. The summed E-state index contributed by atoms with van der Waals surface area (Å²) < 4.78 is 52.7. The van der Waals surface area contributed by atoms with Gasteiger partial charge in [-0.1, -0.05) is 31.4 Å². The van der Waals surface area contributed by atoms with Gasteiger partial charge in [-0.3, -0.25) is 4.79 Å². The Labute approximate surface area is 195 Å². The molecule has 1 N–H and O–H groups in total. The number of aryl methyl sites for hydroxylation is 1. The maximum absolute atomic E-state index is 14.8. The van der Waals surface area contributed by atoms with Crippen LogP contribution in [-0.2, 0) is 14.8 Å². The zero-order chi connectivity index (χ0) is 23.8. The minimum absolute atomic E-state index is 0.0116.